The molecule has 1 aromatic carbocycles. The minimum Gasteiger partial charge on any atom is -0.477 e. The minimum atomic E-state index is -0.891. The molecule has 76 valence electrons. The van der Waals surface area contributed by atoms with E-state index in [4.69, 9.17) is 5.11 Å². The molecule has 0 atom stereocenters. The molecule has 0 aliphatic heterocycles. The van der Waals surface area contributed by atoms with Gasteiger partial charge in [0, 0.05) is 10.9 Å². The molecule has 0 spiro atoms. The fourth-order valence-electron chi connectivity index (χ4n) is 2.39. The van der Waals surface area contributed by atoms with Crippen molar-refractivity contribution >= 4 is 16.9 Å². The number of carboxylic acids is 1. The molecule has 0 saturated carbocycles. The van der Waals surface area contributed by atoms with E-state index in [9.17, 15) is 4.79 Å². The van der Waals surface area contributed by atoms with E-state index in [1.54, 1.807) is 6.07 Å². The number of H-pyrrole nitrogens is 1. The Morgan fingerprint density at radius 3 is 3.00 bits per heavy atom. The fraction of sp³-hybridized carbons (Fsp3) is 0.250. The van der Waals surface area contributed by atoms with Gasteiger partial charge in [-0.2, -0.15) is 0 Å². The highest BCUT2D eigenvalue weighted by Crippen LogP contribution is 2.29. The largest absolute Gasteiger partial charge is 0.477 e. The lowest BCUT2D eigenvalue weighted by Gasteiger charge is -1.99. The van der Waals surface area contributed by atoms with E-state index in [1.807, 2.05) is 6.07 Å². The van der Waals surface area contributed by atoms with Gasteiger partial charge in [0.1, 0.15) is 5.69 Å². The molecule has 3 heteroatoms. The van der Waals surface area contributed by atoms with Crippen molar-refractivity contribution in [2.24, 2.45) is 0 Å². The van der Waals surface area contributed by atoms with Crippen LogP contribution in [0.25, 0.3) is 10.9 Å². The van der Waals surface area contributed by atoms with Crippen LogP contribution in [0.4, 0.5) is 0 Å². The van der Waals surface area contributed by atoms with Crippen molar-refractivity contribution < 1.29 is 9.90 Å². The fourth-order valence-corrected chi connectivity index (χ4v) is 2.39. The number of aromatic nitrogens is 1. The molecule has 15 heavy (non-hydrogen) atoms. The number of aromatic amines is 1. The van der Waals surface area contributed by atoms with Gasteiger partial charge < -0.3 is 10.1 Å². The number of benzene rings is 1. The van der Waals surface area contributed by atoms with Crippen LogP contribution in [0.2, 0.25) is 0 Å². The van der Waals surface area contributed by atoms with Crippen molar-refractivity contribution in [1.29, 1.82) is 0 Å². The summed E-state index contributed by atoms with van der Waals surface area (Å²) in [6.45, 7) is 0. The molecule has 0 saturated heterocycles. The van der Waals surface area contributed by atoms with Gasteiger partial charge in [0.2, 0.25) is 0 Å². The maximum Gasteiger partial charge on any atom is 0.352 e. The maximum atomic E-state index is 10.8. The van der Waals surface area contributed by atoms with E-state index in [2.05, 4.69) is 11.1 Å². The predicted molar refractivity (Wildman–Crippen MR) is 57.3 cm³/mol. The van der Waals surface area contributed by atoms with E-state index in [1.165, 1.54) is 17.5 Å². The van der Waals surface area contributed by atoms with E-state index >= 15 is 0 Å². The van der Waals surface area contributed by atoms with E-state index in [0.717, 1.165) is 23.7 Å². The second-order valence-corrected chi connectivity index (χ2v) is 4.01. The summed E-state index contributed by atoms with van der Waals surface area (Å²) in [6.07, 6.45) is 3.36. The summed E-state index contributed by atoms with van der Waals surface area (Å²) in [5, 5.41) is 9.91. The lowest BCUT2D eigenvalue weighted by Crippen LogP contribution is -1.95. The minimum absolute atomic E-state index is 0.283. The number of aryl methyl sites for hydroxylation is 2. The predicted octanol–water partition coefficient (Wildman–Crippen LogP) is 2.35. The van der Waals surface area contributed by atoms with Crippen LogP contribution >= 0.6 is 0 Å². The second kappa shape index (κ2) is 2.86. The summed E-state index contributed by atoms with van der Waals surface area (Å²) in [7, 11) is 0. The summed E-state index contributed by atoms with van der Waals surface area (Å²) in [5.41, 5.74) is 3.97. The molecule has 1 aliphatic carbocycles. The first-order valence-electron chi connectivity index (χ1n) is 5.12. The van der Waals surface area contributed by atoms with Gasteiger partial charge in [0.25, 0.3) is 0 Å². The number of rotatable bonds is 1. The van der Waals surface area contributed by atoms with E-state index < -0.39 is 5.97 Å². The molecule has 1 aromatic heterocycles. The topological polar surface area (TPSA) is 53.1 Å². The summed E-state index contributed by atoms with van der Waals surface area (Å²) in [5.74, 6) is -0.891. The first-order chi connectivity index (χ1) is 7.25. The zero-order chi connectivity index (χ0) is 10.4. The van der Waals surface area contributed by atoms with Gasteiger partial charge in [-0.15, -0.1) is 0 Å². The lowest BCUT2D eigenvalue weighted by molar-refractivity contribution is 0.0691. The summed E-state index contributed by atoms with van der Waals surface area (Å²) >= 11 is 0. The van der Waals surface area contributed by atoms with Crippen molar-refractivity contribution in [3.8, 4) is 0 Å². The molecule has 3 rings (SSSR count). The quantitative estimate of drug-likeness (QED) is 0.744. The first-order valence-corrected chi connectivity index (χ1v) is 5.12. The van der Waals surface area contributed by atoms with Gasteiger partial charge in [-0.1, -0.05) is 12.1 Å². The average molecular weight is 201 g/mol. The normalized spacial score (nSPS) is 14.4. The third-order valence-electron chi connectivity index (χ3n) is 3.10. The van der Waals surface area contributed by atoms with Gasteiger partial charge in [-0.3, -0.25) is 0 Å². The van der Waals surface area contributed by atoms with Crippen molar-refractivity contribution in [3.63, 3.8) is 0 Å². The molecular formula is C12H11NO2. The molecule has 0 fully saturated rings. The maximum absolute atomic E-state index is 10.8. The number of carbonyl (C=O) groups is 1. The first kappa shape index (κ1) is 8.53. The van der Waals surface area contributed by atoms with Crippen LogP contribution in [0.15, 0.2) is 18.2 Å². The Hall–Kier alpha value is -1.77. The second-order valence-electron chi connectivity index (χ2n) is 4.01. The molecule has 1 aliphatic rings. The van der Waals surface area contributed by atoms with Gasteiger partial charge in [0.05, 0.1) is 0 Å². The van der Waals surface area contributed by atoms with Gasteiger partial charge >= 0.3 is 5.97 Å². The Morgan fingerprint density at radius 2 is 2.20 bits per heavy atom. The number of aromatic carboxylic acids is 1. The smallest absolute Gasteiger partial charge is 0.352 e. The molecule has 0 bridgehead atoms. The zero-order valence-corrected chi connectivity index (χ0v) is 8.21. The van der Waals surface area contributed by atoms with E-state index in [-0.39, 0.29) is 5.69 Å². The number of hydrogen-bond donors (Lipinski definition) is 2. The standard InChI is InChI=1S/C12H11NO2/c14-12(15)10-6-8-5-4-7-2-1-3-9(7)11(8)13-10/h4-6,13H,1-3H2,(H,14,15). The number of hydrogen-bond acceptors (Lipinski definition) is 1. The van der Waals surface area contributed by atoms with Gasteiger partial charge in [-0.25, -0.2) is 4.79 Å². The molecular weight excluding hydrogens is 190 g/mol. The lowest BCUT2D eigenvalue weighted by atomic mass is 10.1. The monoisotopic (exact) mass is 201 g/mol. The third kappa shape index (κ3) is 1.16. The zero-order valence-electron chi connectivity index (χ0n) is 8.21. The molecule has 0 radical (unpaired) electrons. The van der Waals surface area contributed by atoms with Crippen LogP contribution in [-0.2, 0) is 12.8 Å². The highest BCUT2D eigenvalue weighted by Gasteiger charge is 2.16. The van der Waals surface area contributed by atoms with Crippen LogP contribution < -0.4 is 0 Å². The third-order valence-corrected chi connectivity index (χ3v) is 3.10. The Balaban J connectivity index is 2.31. The molecule has 1 heterocycles. The van der Waals surface area contributed by atoms with Crippen LogP contribution in [0.3, 0.4) is 0 Å². The van der Waals surface area contributed by atoms with Crippen molar-refractivity contribution in [1.82, 2.24) is 4.98 Å². The van der Waals surface area contributed by atoms with Crippen LogP contribution in [-0.4, -0.2) is 16.1 Å². The van der Waals surface area contributed by atoms with Gasteiger partial charge in [0.15, 0.2) is 0 Å². The Kier molecular flexibility index (Phi) is 1.63. The van der Waals surface area contributed by atoms with Crippen molar-refractivity contribution in [2.45, 2.75) is 19.3 Å². The summed E-state index contributed by atoms with van der Waals surface area (Å²) in [6, 6.07) is 5.82. The average Bonchev–Trinajstić information content (AvgIpc) is 2.82. The SMILES string of the molecule is O=C(O)c1cc2ccc3c(c2[nH]1)CCC3. The molecule has 2 N–H and O–H groups in total. The summed E-state index contributed by atoms with van der Waals surface area (Å²) in [4.78, 5) is 13.8. The highest BCUT2D eigenvalue weighted by atomic mass is 16.4. The summed E-state index contributed by atoms with van der Waals surface area (Å²) < 4.78 is 0. The van der Waals surface area contributed by atoms with Crippen LogP contribution in [0.1, 0.15) is 28.0 Å². The molecule has 0 unspecified atom stereocenters. The Bertz CT molecular complexity index is 554. The molecule has 2 aromatic rings. The molecule has 0 amide bonds. The Morgan fingerprint density at radius 1 is 1.33 bits per heavy atom. The number of carboxylic acid groups (broad SMARTS) is 1. The highest BCUT2D eigenvalue weighted by molar-refractivity contribution is 5.95. The van der Waals surface area contributed by atoms with Gasteiger partial charge in [-0.05, 0) is 36.5 Å². The number of nitrogens with one attached hydrogen (secondary N) is 1. The van der Waals surface area contributed by atoms with Crippen molar-refractivity contribution in [2.75, 3.05) is 0 Å². The number of fused-ring (bicyclic) bond motifs is 3. The van der Waals surface area contributed by atoms with Crippen LogP contribution in [0, 0.1) is 0 Å². The van der Waals surface area contributed by atoms with Crippen molar-refractivity contribution in [3.05, 3.63) is 35.0 Å². The van der Waals surface area contributed by atoms with Crippen LogP contribution in [0.5, 0.6) is 0 Å². The van der Waals surface area contributed by atoms with E-state index in [0.29, 0.717) is 0 Å². The molecule has 3 nitrogen and oxygen atoms in total. The Labute approximate surface area is 86.7 Å².